The van der Waals surface area contributed by atoms with Crippen molar-refractivity contribution in [1.29, 1.82) is 0 Å². The molecule has 0 unspecified atom stereocenters. The van der Waals surface area contributed by atoms with Crippen LogP contribution in [0.5, 0.6) is 0 Å². The van der Waals surface area contributed by atoms with E-state index in [0.717, 1.165) is 10.4 Å². The van der Waals surface area contributed by atoms with Crippen LogP contribution < -0.4 is 10.4 Å². The predicted octanol–water partition coefficient (Wildman–Crippen LogP) is 4.19. The van der Waals surface area contributed by atoms with Crippen molar-refractivity contribution in [2.75, 3.05) is 0 Å². The first-order valence-corrected chi connectivity index (χ1v) is 8.55. The van der Waals surface area contributed by atoms with Crippen LogP contribution in [0.4, 0.5) is 0 Å². The van der Waals surface area contributed by atoms with Gasteiger partial charge in [-0.1, -0.05) is 60.7 Å². The standard InChI is InChI=1S/C24H16O/c25-20-11-10-17-13-23-21-9-5-4-8-18(21)14-22(16-6-2-1-3-7-16)24(23)15-19(17)12-20/h1-10,12-15H,11H2. The predicted molar refractivity (Wildman–Crippen MR) is 105 cm³/mol. The first kappa shape index (κ1) is 14.2. The van der Waals surface area contributed by atoms with Gasteiger partial charge in [-0.15, -0.1) is 0 Å². The fraction of sp³-hybridized carbons (Fsp3) is 0.0417. The molecular formula is C24H16O. The van der Waals surface area contributed by atoms with Gasteiger partial charge in [0.1, 0.15) is 0 Å². The topological polar surface area (TPSA) is 17.1 Å². The summed E-state index contributed by atoms with van der Waals surface area (Å²) < 4.78 is 0. The number of hydrogen-bond donors (Lipinski definition) is 0. The van der Waals surface area contributed by atoms with E-state index in [9.17, 15) is 4.79 Å². The summed E-state index contributed by atoms with van der Waals surface area (Å²) in [4.78, 5) is 11.8. The normalized spacial score (nSPS) is 13.4. The second kappa shape index (κ2) is 5.42. The number of carbonyl (C=O) groups is 1. The van der Waals surface area contributed by atoms with Gasteiger partial charge >= 0.3 is 0 Å². The average Bonchev–Trinajstić information content (AvgIpc) is 2.66. The number of carbonyl (C=O) groups excluding carboxylic acids is 1. The zero-order chi connectivity index (χ0) is 16.8. The molecule has 0 radical (unpaired) electrons. The third kappa shape index (κ3) is 2.28. The third-order valence-corrected chi connectivity index (χ3v) is 4.99. The van der Waals surface area contributed by atoms with Gasteiger partial charge in [-0.05, 0) is 67.4 Å². The first-order valence-electron chi connectivity index (χ1n) is 8.55. The molecule has 0 aliphatic heterocycles. The maximum atomic E-state index is 11.8. The molecule has 0 N–H and O–H groups in total. The van der Waals surface area contributed by atoms with Crippen molar-refractivity contribution in [3.05, 3.63) is 83.2 Å². The highest BCUT2D eigenvalue weighted by Crippen LogP contribution is 2.33. The molecule has 1 nitrogen and oxygen atoms in total. The Labute approximate surface area is 145 Å². The monoisotopic (exact) mass is 320 g/mol. The summed E-state index contributed by atoms with van der Waals surface area (Å²) >= 11 is 0. The van der Waals surface area contributed by atoms with E-state index in [1.165, 1.54) is 32.7 Å². The minimum absolute atomic E-state index is 0.175. The minimum Gasteiger partial charge on any atom is -0.294 e. The van der Waals surface area contributed by atoms with Crippen molar-refractivity contribution in [3.63, 3.8) is 0 Å². The fourth-order valence-corrected chi connectivity index (χ4v) is 3.78. The molecule has 5 rings (SSSR count). The van der Waals surface area contributed by atoms with E-state index in [1.807, 2.05) is 12.1 Å². The lowest BCUT2D eigenvalue weighted by Gasteiger charge is -2.12. The number of rotatable bonds is 1. The maximum absolute atomic E-state index is 11.8. The largest absolute Gasteiger partial charge is 0.294 e. The Hall–Kier alpha value is -3.19. The number of ketones is 1. The molecule has 118 valence electrons. The average molecular weight is 320 g/mol. The Kier molecular flexibility index (Phi) is 3.07. The lowest BCUT2D eigenvalue weighted by molar-refractivity contribution is -0.112. The van der Waals surface area contributed by atoms with Gasteiger partial charge in [0.05, 0.1) is 0 Å². The van der Waals surface area contributed by atoms with Crippen LogP contribution in [-0.4, -0.2) is 5.78 Å². The van der Waals surface area contributed by atoms with Crippen LogP contribution in [0.25, 0.3) is 44.8 Å². The highest BCUT2D eigenvalue weighted by molar-refractivity contribution is 6.15. The van der Waals surface area contributed by atoms with E-state index in [1.54, 1.807) is 6.08 Å². The summed E-state index contributed by atoms with van der Waals surface area (Å²) in [6.45, 7) is 0. The Morgan fingerprint density at radius 1 is 0.680 bits per heavy atom. The Balaban J connectivity index is 2.01. The quantitative estimate of drug-likeness (QED) is 0.481. The summed E-state index contributed by atoms with van der Waals surface area (Å²) in [5.41, 5.74) is 2.41. The molecule has 25 heavy (non-hydrogen) atoms. The van der Waals surface area contributed by atoms with Crippen molar-refractivity contribution in [2.45, 2.75) is 6.42 Å². The molecule has 0 saturated heterocycles. The van der Waals surface area contributed by atoms with Gasteiger partial charge in [-0.2, -0.15) is 0 Å². The van der Waals surface area contributed by atoms with E-state index in [4.69, 9.17) is 0 Å². The van der Waals surface area contributed by atoms with Gasteiger partial charge in [0.25, 0.3) is 0 Å². The number of fused-ring (bicyclic) bond motifs is 4. The SMILES string of the molecule is O=C1C=c2cc3c(-c4ccccc4)cc4ccccc4c3cc2=CC1. The fourth-order valence-electron chi connectivity index (χ4n) is 3.78. The van der Waals surface area contributed by atoms with Gasteiger partial charge in [0, 0.05) is 6.42 Å². The molecule has 1 heteroatoms. The molecule has 1 aliphatic carbocycles. The van der Waals surface area contributed by atoms with Gasteiger partial charge in [-0.3, -0.25) is 4.79 Å². The van der Waals surface area contributed by atoms with E-state index >= 15 is 0 Å². The van der Waals surface area contributed by atoms with Gasteiger partial charge in [-0.25, -0.2) is 0 Å². The molecule has 4 aromatic carbocycles. The van der Waals surface area contributed by atoms with Gasteiger partial charge < -0.3 is 0 Å². The summed E-state index contributed by atoms with van der Waals surface area (Å²) in [5.74, 6) is 0.175. The van der Waals surface area contributed by atoms with Crippen molar-refractivity contribution in [1.82, 2.24) is 0 Å². The number of benzene rings is 4. The Morgan fingerprint density at radius 2 is 1.44 bits per heavy atom. The highest BCUT2D eigenvalue weighted by atomic mass is 16.1. The molecular weight excluding hydrogens is 304 g/mol. The second-order valence-corrected chi connectivity index (χ2v) is 6.56. The lowest BCUT2D eigenvalue weighted by atomic mass is 9.91. The molecule has 0 spiro atoms. The van der Waals surface area contributed by atoms with Gasteiger partial charge in [0.2, 0.25) is 0 Å². The van der Waals surface area contributed by atoms with Crippen molar-refractivity contribution in [2.24, 2.45) is 0 Å². The second-order valence-electron chi connectivity index (χ2n) is 6.56. The van der Waals surface area contributed by atoms with Crippen LogP contribution in [0.1, 0.15) is 6.42 Å². The smallest absolute Gasteiger partial charge is 0.160 e. The molecule has 0 amide bonds. The molecule has 1 aliphatic rings. The van der Waals surface area contributed by atoms with Gasteiger partial charge in [0.15, 0.2) is 5.78 Å². The summed E-state index contributed by atoms with van der Waals surface area (Å²) in [7, 11) is 0. The third-order valence-electron chi connectivity index (χ3n) is 4.99. The van der Waals surface area contributed by atoms with E-state index in [0.29, 0.717) is 6.42 Å². The minimum atomic E-state index is 0.175. The van der Waals surface area contributed by atoms with E-state index in [2.05, 4.69) is 66.7 Å². The molecule has 0 saturated carbocycles. The van der Waals surface area contributed by atoms with E-state index in [-0.39, 0.29) is 5.78 Å². The van der Waals surface area contributed by atoms with Crippen LogP contribution in [0.3, 0.4) is 0 Å². The summed E-state index contributed by atoms with van der Waals surface area (Å²) in [6, 6.07) is 25.6. The van der Waals surface area contributed by atoms with Crippen molar-refractivity contribution >= 4 is 39.5 Å². The summed E-state index contributed by atoms with van der Waals surface area (Å²) in [6.07, 6.45) is 4.31. The molecule has 0 bridgehead atoms. The molecule has 0 heterocycles. The number of hydrogen-bond acceptors (Lipinski definition) is 1. The van der Waals surface area contributed by atoms with Crippen LogP contribution in [0, 0.1) is 0 Å². The Morgan fingerprint density at radius 3 is 2.32 bits per heavy atom. The highest BCUT2D eigenvalue weighted by Gasteiger charge is 2.10. The van der Waals surface area contributed by atoms with Crippen molar-refractivity contribution < 1.29 is 4.79 Å². The van der Waals surface area contributed by atoms with Crippen LogP contribution in [0.15, 0.2) is 72.8 Å². The maximum Gasteiger partial charge on any atom is 0.160 e. The first-order chi connectivity index (χ1) is 12.3. The van der Waals surface area contributed by atoms with Crippen molar-refractivity contribution in [3.8, 4) is 11.1 Å². The molecule has 4 aromatic rings. The molecule has 0 aromatic heterocycles. The lowest BCUT2D eigenvalue weighted by Crippen LogP contribution is -2.29. The summed E-state index contributed by atoms with van der Waals surface area (Å²) in [5, 5.41) is 7.12. The van der Waals surface area contributed by atoms with Crippen LogP contribution >= 0.6 is 0 Å². The Bertz CT molecular complexity index is 1260. The van der Waals surface area contributed by atoms with E-state index < -0.39 is 0 Å². The van der Waals surface area contributed by atoms with Crippen LogP contribution in [-0.2, 0) is 4.79 Å². The molecule has 0 atom stereocenters. The molecule has 0 fully saturated rings. The zero-order valence-electron chi connectivity index (χ0n) is 13.7. The van der Waals surface area contributed by atoms with Crippen LogP contribution in [0.2, 0.25) is 0 Å². The zero-order valence-corrected chi connectivity index (χ0v) is 13.7. The number of Topliss-reactive ketones (excluding diaryl/α,β-unsaturated/α-hetero) is 1.